The summed E-state index contributed by atoms with van der Waals surface area (Å²) < 4.78 is 13.3. The van der Waals surface area contributed by atoms with Gasteiger partial charge in [0, 0.05) is 6.07 Å². The predicted octanol–water partition coefficient (Wildman–Crippen LogP) is 2.90. The Hall–Kier alpha value is -0.390. The molecule has 0 saturated carbocycles. The standard InChI is InChI=1S/C7H5BrClFN2S/c8-3-1-4(9)6(2-5(3)10)12-7(11)13/h1-2H,(H3,11,12,13). The minimum atomic E-state index is -0.428. The number of benzene rings is 1. The molecular formula is C7H5BrClFN2S. The summed E-state index contributed by atoms with van der Waals surface area (Å²) in [4.78, 5) is 0. The molecule has 13 heavy (non-hydrogen) atoms. The highest BCUT2D eigenvalue weighted by atomic mass is 79.9. The fraction of sp³-hybridized carbons (Fsp3) is 0. The summed E-state index contributed by atoms with van der Waals surface area (Å²) in [5.74, 6) is -0.428. The number of nitrogens with one attached hydrogen (secondary N) is 1. The van der Waals surface area contributed by atoms with Crippen molar-refractivity contribution in [3.05, 3.63) is 27.4 Å². The van der Waals surface area contributed by atoms with Crippen molar-refractivity contribution in [2.45, 2.75) is 0 Å². The lowest BCUT2D eigenvalue weighted by atomic mass is 10.3. The van der Waals surface area contributed by atoms with Gasteiger partial charge < -0.3 is 11.1 Å². The van der Waals surface area contributed by atoms with E-state index in [-0.39, 0.29) is 5.11 Å². The Labute approximate surface area is 93.4 Å². The average molecular weight is 284 g/mol. The lowest BCUT2D eigenvalue weighted by molar-refractivity contribution is 0.622. The molecule has 0 amide bonds. The van der Waals surface area contributed by atoms with Crippen LogP contribution in [0.25, 0.3) is 0 Å². The SMILES string of the molecule is NC(=S)Nc1cc(F)c(Br)cc1Cl. The summed E-state index contributed by atoms with van der Waals surface area (Å²) in [7, 11) is 0. The van der Waals surface area contributed by atoms with Gasteiger partial charge in [-0.1, -0.05) is 11.6 Å². The van der Waals surface area contributed by atoms with Crippen molar-refractivity contribution in [2.75, 3.05) is 5.32 Å². The third-order valence-corrected chi connectivity index (χ3v) is 2.29. The molecule has 0 aromatic heterocycles. The molecule has 0 saturated heterocycles. The van der Waals surface area contributed by atoms with Crippen LogP contribution in [0.3, 0.4) is 0 Å². The highest BCUT2D eigenvalue weighted by molar-refractivity contribution is 9.10. The van der Waals surface area contributed by atoms with Crippen LogP contribution in [0, 0.1) is 5.82 Å². The smallest absolute Gasteiger partial charge is 0.168 e. The Balaban J connectivity index is 3.08. The third kappa shape index (κ3) is 2.79. The fourth-order valence-electron chi connectivity index (χ4n) is 0.751. The molecule has 3 N–H and O–H groups in total. The molecule has 6 heteroatoms. The second kappa shape index (κ2) is 4.21. The molecule has 0 heterocycles. The van der Waals surface area contributed by atoms with E-state index in [1.807, 2.05) is 0 Å². The largest absolute Gasteiger partial charge is 0.376 e. The van der Waals surface area contributed by atoms with Gasteiger partial charge in [0.05, 0.1) is 15.2 Å². The number of hydrogen-bond donors (Lipinski definition) is 2. The molecule has 2 nitrogen and oxygen atoms in total. The second-order valence-corrected chi connectivity index (χ2v) is 3.94. The Morgan fingerprint density at radius 2 is 2.23 bits per heavy atom. The highest BCUT2D eigenvalue weighted by Crippen LogP contribution is 2.28. The Bertz CT molecular complexity index is 359. The fourth-order valence-corrected chi connectivity index (χ4v) is 1.55. The molecule has 0 unspecified atom stereocenters. The first-order valence-electron chi connectivity index (χ1n) is 3.21. The van der Waals surface area contributed by atoms with Crippen molar-refractivity contribution in [1.29, 1.82) is 0 Å². The van der Waals surface area contributed by atoms with Crippen LogP contribution < -0.4 is 11.1 Å². The first kappa shape index (κ1) is 10.7. The zero-order chi connectivity index (χ0) is 10.0. The van der Waals surface area contributed by atoms with Crippen molar-refractivity contribution in [2.24, 2.45) is 5.73 Å². The molecule has 1 aromatic rings. The molecule has 0 fully saturated rings. The van der Waals surface area contributed by atoms with Crippen molar-refractivity contribution in [1.82, 2.24) is 0 Å². The normalized spacial score (nSPS) is 9.77. The molecule has 0 radical (unpaired) electrons. The van der Waals surface area contributed by atoms with E-state index in [0.29, 0.717) is 15.2 Å². The van der Waals surface area contributed by atoms with Crippen LogP contribution in [-0.2, 0) is 0 Å². The number of hydrogen-bond acceptors (Lipinski definition) is 1. The molecule has 70 valence electrons. The van der Waals surface area contributed by atoms with Crippen LogP contribution in [-0.4, -0.2) is 5.11 Å². The van der Waals surface area contributed by atoms with Gasteiger partial charge in [-0.3, -0.25) is 0 Å². The maximum Gasteiger partial charge on any atom is 0.168 e. The summed E-state index contributed by atoms with van der Waals surface area (Å²) in [6.45, 7) is 0. The van der Waals surface area contributed by atoms with Gasteiger partial charge in [-0.25, -0.2) is 4.39 Å². The van der Waals surface area contributed by atoms with Gasteiger partial charge in [-0.15, -0.1) is 0 Å². The molecule has 0 aliphatic rings. The van der Waals surface area contributed by atoms with Crippen molar-refractivity contribution in [3.8, 4) is 0 Å². The molecule has 0 aliphatic carbocycles. The molecular weight excluding hydrogens is 279 g/mol. The Morgan fingerprint density at radius 1 is 1.62 bits per heavy atom. The average Bonchev–Trinajstić information content (AvgIpc) is 1.99. The van der Waals surface area contributed by atoms with Gasteiger partial charge in [0.2, 0.25) is 0 Å². The van der Waals surface area contributed by atoms with Crippen LogP contribution in [0.15, 0.2) is 16.6 Å². The maximum absolute atomic E-state index is 13.0. The Kier molecular flexibility index (Phi) is 3.47. The monoisotopic (exact) mass is 282 g/mol. The number of anilines is 1. The zero-order valence-electron chi connectivity index (χ0n) is 6.27. The minimum Gasteiger partial charge on any atom is -0.376 e. The molecule has 0 atom stereocenters. The molecule has 1 aromatic carbocycles. The molecule has 1 rings (SSSR count). The van der Waals surface area contributed by atoms with E-state index in [9.17, 15) is 4.39 Å². The maximum atomic E-state index is 13.0. The summed E-state index contributed by atoms with van der Waals surface area (Å²) in [5.41, 5.74) is 5.57. The Morgan fingerprint density at radius 3 is 2.77 bits per heavy atom. The van der Waals surface area contributed by atoms with E-state index in [4.69, 9.17) is 17.3 Å². The second-order valence-electron chi connectivity index (χ2n) is 2.24. The first-order valence-corrected chi connectivity index (χ1v) is 4.79. The van der Waals surface area contributed by atoms with Crippen LogP contribution in [0.4, 0.5) is 10.1 Å². The van der Waals surface area contributed by atoms with E-state index >= 15 is 0 Å². The van der Waals surface area contributed by atoms with E-state index in [1.54, 1.807) is 0 Å². The van der Waals surface area contributed by atoms with Gasteiger partial charge in [-0.2, -0.15) is 0 Å². The predicted molar refractivity (Wildman–Crippen MR) is 59.5 cm³/mol. The quantitative estimate of drug-likeness (QED) is 0.615. The van der Waals surface area contributed by atoms with Crippen molar-refractivity contribution >= 4 is 50.5 Å². The van der Waals surface area contributed by atoms with E-state index in [0.717, 1.165) is 0 Å². The first-order chi connectivity index (χ1) is 6.00. The number of rotatable bonds is 1. The lowest BCUT2D eigenvalue weighted by Crippen LogP contribution is -2.19. The number of halogens is 3. The van der Waals surface area contributed by atoms with Gasteiger partial charge >= 0.3 is 0 Å². The van der Waals surface area contributed by atoms with Crippen molar-refractivity contribution in [3.63, 3.8) is 0 Å². The topological polar surface area (TPSA) is 38.0 Å². The van der Waals surface area contributed by atoms with Gasteiger partial charge in [0.15, 0.2) is 5.11 Å². The number of nitrogens with two attached hydrogens (primary N) is 1. The van der Waals surface area contributed by atoms with Crippen LogP contribution in [0.5, 0.6) is 0 Å². The molecule has 0 bridgehead atoms. The van der Waals surface area contributed by atoms with E-state index in [1.165, 1.54) is 12.1 Å². The van der Waals surface area contributed by atoms with Gasteiger partial charge in [0.1, 0.15) is 5.82 Å². The minimum absolute atomic E-state index is 0.0450. The lowest BCUT2D eigenvalue weighted by Gasteiger charge is -2.06. The van der Waals surface area contributed by atoms with E-state index in [2.05, 4.69) is 33.5 Å². The highest BCUT2D eigenvalue weighted by Gasteiger charge is 2.06. The van der Waals surface area contributed by atoms with Gasteiger partial charge in [0.25, 0.3) is 0 Å². The van der Waals surface area contributed by atoms with E-state index < -0.39 is 5.82 Å². The van der Waals surface area contributed by atoms with Crippen LogP contribution in [0.2, 0.25) is 5.02 Å². The van der Waals surface area contributed by atoms with Crippen molar-refractivity contribution < 1.29 is 4.39 Å². The number of thiocarbonyl (C=S) groups is 1. The molecule has 0 spiro atoms. The summed E-state index contributed by atoms with van der Waals surface area (Å²) in [6.07, 6.45) is 0. The van der Waals surface area contributed by atoms with Gasteiger partial charge in [-0.05, 0) is 34.2 Å². The summed E-state index contributed by atoms with van der Waals surface area (Å²) in [5, 5.41) is 2.95. The van der Waals surface area contributed by atoms with Crippen LogP contribution in [0.1, 0.15) is 0 Å². The van der Waals surface area contributed by atoms with Crippen LogP contribution >= 0.6 is 39.7 Å². The third-order valence-electron chi connectivity index (χ3n) is 1.27. The summed E-state index contributed by atoms with van der Waals surface area (Å²) in [6, 6.07) is 2.64. The zero-order valence-corrected chi connectivity index (χ0v) is 9.43. The molecule has 0 aliphatic heterocycles. The summed E-state index contributed by atoms with van der Waals surface area (Å²) >= 11 is 13.4.